The summed E-state index contributed by atoms with van der Waals surface area (Å²) in [6, 6.07) is 14.3. The molecular weight excluding hydrogens is 376 g/mol. The third-order valence-corrected chi connectivity index (χ3v) is 4.38. The number of hydrogen-bond acceptors (Lipinski definition) is 3. The van der Waals surface area contributed by atoms with E-state index >= 15 is 0 Å². The molecule has 2 N–H and O–H groups in total. The lowest BCUT2D eigenvalue weighted by Crippen LogP contribution is -2.15. The van der Waals surface area contributed by atoms with Gasteiger partial charge in [0, 0.05) is 23.3 Å². The van der Waals surface area contributed by atoms with Crippen LogP contribution in [0.3, 0.4) is 0 Å². The van der Waals surface area contributed by atoms with Gasteiger partial charge in [0.25, 0.3) is 5.91 Å². The van der Waals surface area contributed by atoms with Gasteiger partial charge in [0.1, 0.15) is 0 Å². The molecule has 0 aliphatic carbocycles. The van der Waals surface area contributed by atoms with Gasteiger partial charge in [-0.15, -0.1) is 0 Å². The van der Waals surface area contributed by atoms with Crippen molar-refractivity contribution in [2.75, 3.05) is 10.6 Å². The summed E-state index contributed by atoms with van der Waals surface area (Å²) in [6.45, 7) is 5.48. The number of carbonyl (C=O) groups excluding carboxylic acids is 2. The Morgan fingerprint density at radius 3 is 2.07 bits per heavy atom. The van der Waals surface area contributed by atoms with E-state index in [9.17, 15) is 9.59 Å². The highest BCUT2D eigenvalue weighted by atomic mass is 35.5. The van der Waals surface area contributed by atoms with Crippen molar-refractivity contribution in [2.45, 2.75) is 26.7 Å². The van der Waals surface area contributed by atoms with Gasteiger partial charge in [-0.05, 0) is 54.4 Å². The summed E-state index contributed by atoms with van der Waals surface area (Å²) in [5, 5.41) is 10.6. The zero-order valence-corrected chi connectivity index (χ0v) is 16.6. The molecule has 6 nitrogen and oxygen atoms in total. The van der Waals surface area contributed by atoms with Crippen molar-refractivity contribution < 1.29 is 9.59 Å². The van der Waals surface area contributed by atoms with Crippen molar-refractivity contribution in [3.63, 3.8) is 0 Å². The van der Waals surface area contributed by atoms with Gasteiger partial charge in [0.15, 0.2) is 0 Å². The Morgan fingerprint density at radius 2 is 1.54 bits per heavy atom. The molecule has 7 heteroatoms. The average Bonchev–Trinajstić information content (AvgIpc) is 3.09. The highest BCUT2D eigenvalue weighted by Gasteiger charge is 2.21. The van der Waals surface area contributed by atoms with Gasteiger partial charge in [0.2, 0.25) is 5.91 Å². The van der Waals surface area contributed by atoms with Crippen LogP contribution in [0.25, 0.3) is 5.69 Å². The number of hydrogen-bond donors (Lipinski definition) is 2. The summed E-state index contributed by atoms with van der Waals surface area (Å²) in [7, 11) is 0. The summed E-state index contributed by atoms with van der Waals surface area (Å²) < 4.78 is 1.76. The molecule has 0 aliphatic heterocycles. The Bertz CT molecular complexity index is 992. The lowest BCUT2D eigenvalue weighted by atomic mass is 10.0. The maximum Gasteiger partial charge on any atom is 0.259 e. The van der Waals surface area contributed by atoms with E-state index < -0.39 is 0 Å². The molecule has 0 bridgehead atoms. The first-order chi connectivity index (χ1) is 13.3. The molecule has 0 saturated carbocycles. The minimum atomic E-state index is -0.240. The zero-order chi connectivity index (χ0) is 20.3. The molecule has 0 unspecified atom stereocenters. The Hall–Kier alpha value is -3.12. The maximum atomic E-state index is 12.8. The monoisotopic (exact) mass is 396 g/mol. The van der Waals surface area contributed by atoms with Crippen LogP contribution in [-0.2, 0) is 4.79 Å². The van der Waals surface area contributed by atoms with Crippen LogP contribution >= 0.6 is 11.6 Å². The summed E-state index contributed by atoms with van der Waals surface area (Å²) in [5.74, 6) is -0.301. The van der Waals surface area contributed by atoms with Crippen molar-refractivity contribution in [1.29, 1.82) is 0 Å². The Labute approximate surface area is 168 Å². The van der Waals surface area contributed by atoms with Crippen LogP contribution in [0.2, 0.25) is 5.02 Å². The molecule has 0 saturated heterocycles. The molecule has 0 fully saturated rings. The molecule has 2 aromatic carbocycles. The Balaban J connectivity index is 1.85. The van der Waals surface area contributed by atoms with Crippen molar-refractivity contribution in [1.82, 2.24) is 9.78 Å². The highest BCUT2D eigenvalue weighted by Crippen LogP contribution is 2.25. The van der Waals surface area contributed by atoms with Crippen LogP contribution in [0.5, 0.6) is 0 Å². The van der Waals surface area contributed by atoms with Gasteiger partial charge in [0.05, 0.1) is 23.1 Å². The molecule has 3 aromatic rings. The fraction of sp³-hybridized carbons (Fsp3) is 0.190. The van der Waals surface area contributed by atoms with E-state index in [4.69, 9.17) is 11.6 Å². The van der Waals surface area contributed by atoms with Gasteiger partial charge < -0.3 is 10.6 Å². The molecular formula is C21H21ClN4O2. The molecule has 144 valence electrons. The number of carbonyl (C=O) groups is 2. The van der Waals surface area contributed by atoms with Crippen molar-refractivity contribution in [3.8, 4) is 5.69 Å². The standard InChI is InChI=1S/C21H21ClN4O2/c1-13(2)20-19(12-23-26(20)18-10-4-15(22)5-11-18)21(28)25-17-8-6-16(7-9-17)24-14(3)27/h4-13H,1-3H3,(H,24,27)(H,25,28). The fourth-order valence-corrected chi connectivity index (χ4v) is 3.04. The first-order valence-electron chi connectivity index (χ1n) is 8.88. The quantitative estimate of drug-likeness (QED) is 0.646. The van der Waals surface area contributed by atoms with Crippen molar-refractivity contribution in [2.24, 2.45) is 0 Å². The number of benzene rings is 2. The lowest BCUT2D eigenvalue weighted by Gasteiger charge is -2.13. The van der Waals surface area contributed by atoms with E-state index in [1.54, 1.807) is 47.3 Å². The summed E-state index contributed by atoms with van der Waals surface area (Å²) in [4.78, 5) is 23.9. The maximum absolute atomic E-state index is 12.8. The summed E-state index contributed by atoms with van der Waals surface area (Å²) in [6.07, 6.45) is 1.57. The fourth-order valence-electron chi connectivity index (χ4n) is 2.92. The Kier molecular flexibility index (Phi) is 5.80. The second-order valence-corrected chi connectivity index (χ2v) is 7.14. The average molecular weight is 397 g/mol. The number of rotatable bonds is 5. The number of nitrogens with zero attached hydrogens (tertiary/aromatic N) is 2. The van der Waals surface area contributed by atoms with Crippen LogP contribution in [0, 0.1) is 0 Å². The minimum absolute atomic E-state index is 0.0843. The number of halogens is 1. The molecule has 1 aromatic heterocycles. The second kappa shape index (κ2) is 8.27. The van der Waals surface area contributed by atoms with E-state index in [1.807, 2.05) is 26.0 Å². The van der Waals surface area contributed by atoms with Crippen LogP contribution < -0.4 is 10.6 Å². The van der Waals surface area contributed by atoms with Gasteiger partial charge in [-0.25, -0.2) is 4.68 Å². The van der Waals surface area contributed by atoms with E-state index in [0.717, 1.165) is 11.4 Å². The predicted octanol–water partition coefficient (Wildman–Crippen LogP) is 4.86. The van der Waals surface area contributed by atoms with Gasteiger partial charge >= 0.3 is 0 Å². The lowest BCUT2D eigenvalue weighted by molar-refractivity contribution is -0.114. The number of amides is 2. The molecule has 0 atom stereocenters. The second-order valence-electron chi connectivity index (χ2n) is 6.70. The van der Waals surface area contributed by atoms with E-state index in [0.29, 0.717) is 22.0 Å². The van der Waals surface area contributed by atoms with Gasteiger partial charge in [-0.3, -0.25) is 9.59 Å². The number of anilines is 2. The zero-order valence-electron chi connectivity index (χ0n) is 15.9. The molecule has 28 heavy (non-hydrogen) atoms. The number of nitrogens with one attached hydrogen (secondary N) is 2. The Morgan fingerprint density at radius 1 is 0.964 bits per heavy atom. The molecule has 0 aliphatic rings. The van der Waals surface area contributed by atoms with Crippen molar-refractivity contribution >= 4 is 34.8 Å². The SMILES string of the molecule is CC(=O)Nc1ccc(NC(=O)c2cnn(-c3ccc(Cl)cc3)c2C(C)C)cc1. The molecule has 1 heterocycles. The summed E-state index contributed by atoms with van der Waals surface area (Å²) >= 11 is 5.97. The van der Waals surface area contributed by atoms with E-state index in [1.165, 1.54) is 6.92 Å². The largest absolute Gasteiger partial charge is 0.326 e. The van der Waals surface area contributed by atoms with E-state index in [-0.39, 0.29) is 17.7 Å². The predicted molar refractivity (Wildman–Crippen MR) is 111 cm³/mol. The van der Waals surface area contributed by atoms with Crippen LogP contribution in [-0.4, -0.2) is 21.6 Å². The molecule has 3 rings (SSSR count). The molecule has 2 amide bonds. The van der Waals surface area contributed by atoms with Crippen LogP contribution in [0.15, 0.2) is 54.7 Å². The van der Waals surface area contributed by atoms with Gasteiger partial charge in [-0.2, -0.15) is 5.10 Å². The number of aromatic nitrogens is 2. The smallest absolute Gasteiger partial charge is 0.259 e. The third-order valence-electron chi connectivity index (χ3n) is 4.13. The normalized spacial score (nSPS) is 10.8. The minimum Gasteiger partial charge on any atom is -0.326 e. The van der Waals surface area contributed by atoms with Crippen molar-refractivity contribution in [3.05, 3.63) is 71.0 Å². The first-order valence-corrected chi connectivity index (χ1v) is 9.26. The highest BCUT2D eigenvalue weighted by molar-refractivity contribution is 6.30. The van der Waals surface area contributed by atoms with E-state index in [2.05, 4.69) is 15.7 Å². The molecule has 0 radical (unpaired) electrons. The van der Waals surface area contributed by atoms with Crippen LogP contribution in [0.1, 0.15) is 42.7 Å². The third kappa shape index (κ3) is 4.40. The first kappa shape index (κ1) is 19.6. The van der Waals surface area contributed by atoms with Gasteiger partial charge in [-0.1, -0.05) is 25.4 Å². The molecule has 0 spiro atoms. The van der Waals surface area contributed by atoms with Crippen LogP contribution in [0.4, 0.5) is 11.4 Å². The summed E-state index contributed by atoms with van der Waals surface area (Å²) in [5.41, 5.74) is 3.47. The topological polar surface area (TPSA) is 76.0 Å².